The van der Waals surface area contributed by atoms with Gasteiger partial charge in [-0.1, -0.05) is 36.4 Å². The number of rotatable bonds is 2. The lowest BCUT2D eigenvalue weighted by Crippen LogP contribution is -2.14. The van der Waals surface area contributed by atoms with E-state index in [1.807, 2.05) is 12.1 Å². The van der Waals surface area contributed by atoms with Gasteiger partial charge in [0.05, 0.1) is 0 Å². The molecule has 0 amide bonds. The first-order valence-corrected chi connectivity index (χ1v) is 6.86. The molecule has 4 heteroatoms. The highest BCUT2D eigenvalue weighted by Crippen LogP contribution is 2.41. The van der Waals surface area contributed by atoms with Crippen molar-refractivity contribution in [1.82, 2.24) is 9.66 Å². The molecule has 1 fully saturated rings. The lowest BCUT2D eigenvalue weighted by Gasteiger charge is -2.03. The minimum absolute atomic E-state index is 0.483. The maximum Gasteiger partial charge on any atom is 0.150 e. The first-order chi connectivity index (χ1) is 9.74. The summed E-state index contributed by atoms with van der Waals surface area (Å²) in [7, 11) is 0. The van der Waals surface area contributed by atoms with E-state index in [0.717, 1.165) is 29.9 Å². The zero-order valence-electron chi connectivity index (χ0n) is 11.1. The highest BCUT2D eigenvalue weighted by atomic mass is 15.4. The van der Waals surface area contributed by atoms with Crippen molar-refractivity contribution in [2.45, 2.75) is 18.8 Å². The van der Waals surface area contributed by atoms with E-state index >= 15 is 0 Å². The summed E-state index contributed by atoms with van der Waals surface area (Å²) in [6, 6.07) is 14.5. The molecule has 0 saturated heterocycles. The molecule has 3 aromatic rings. The second kappa shape index (κ2) is 4.00. The molecular weight excluding hydrogens is 248 g/mol. The lowest BCUT2D eigenvalue weighted by molar-refractivity contribution is 0.855. The minimum atomic E-state index is 0.483. The van der Waals surface area contributed by atoms with Gasteiger partial charge in [0.15, 0.2) is 5.82 Å². The molecule has 1 aliphatic carbocycles. The Hall–Kier alpha value is -2.49. The van der Waals surface area contributed by atoms with Crippen molar-refractivity contribution < 1.29 is 0 Å². The van der Waals surface area contributed by atoms with Crippen molar-refractivity contribution in [2.75, 3.05) is 11.6 Å². The van der Waals surface area contributed by atoms with Crippen molar-refractivity contribution in [3.8, 4) is 11.3 Å². The van der Waals surface area contributed by atoms with Crippen LogP contribution in [0.25, 0.3) is 22.0 Å². The fourth-order valence-corrected chi connectivity index (χ4v) is 2.64. The molecule has 4 N–H and O–H groups in total. The fourth-order valence-electron chi connectivity index (χ4n) is 2.64. The smallest absolute Gasteiger partial charge is 0.150 e. The van der Waals surface area contributed by atoms with Crippen molar-refractivity contribution >= 4 is 16.6 Å². The number of nitrogens with two attached hydrogens (primary N) is 2. The Kier molecular flexibility index (Phi) is 2.27. The van der Waals surface area contributed by atoms with Crippen LogP contribution >= 0.6 is 0 Å². The van der Waals surface area contributed by atoms with E-state index in [4.69, 9.17) is 11.6 Å². The van der Waals surface area contributed by atoms with E-state index in [1.54, 1.807) is 4.68 Å². The second-order valence-electron chi connectivity index (χ2n) is 5.41. The lowest BCUT2D eigenvalue weighted by atomic mass is 10.1. The SMILES string of the molecule is Nc1c(-c2ccc3ccccc3c2)nc(C2CC2)n1N. The summed E-state index contributed by atoms with van der Waals surface area (Å²) in [6.07, 6.45) is 2.32. The number of imidazole rings is 1. The quantitative estimate of drug-likeness (QED) is 0.699. The Labute approximate surface area is 117 Å². The topological polar surface area (TPSA) is 69.9 Å². The largest absolute Gasteiger partial charge is 0.382 e. The van der Waals surface area contributed by atoms with Gasteiger partial charge in [-0.2, -0.15) is 0 Å². The predicted octanol–water partition coefficient (Wildman–Crippen LogP) is 2.88. The first-order valence-electron chi connectivity index (χ1n) is 6.86. The average Bonchev–Trinajstić information content (AvgIpc) is 3.27. The van der Waals surface area contributed by atoms with E-state index < -0.39 is 0 Å². The molecule has 0 aliphatic heterocycles. The van der Waals surface area contributed by atoms with E-state index in [1.165, 1.54) is 10.8 Å². The number of nitrogen functional groups attached to an aromatic ring is 2. The van der Waals surface area contributed by atoms with Crippen LogP contribution in [0.5, 0.6) is 0 Å². The van der Waals surface area contributed by atoms with Crippen LogP contribution in [0.3, 0.4) is 0 Å². The number of fused-ring (bicyclic) bond motifs is 1. The maximum absolute atomic E-state index is 6.12. The van der Waals surface area contributed by atoms with Gasteiger partial charge < -0.3 is 11.6 Å². The normalized spacial score (nSPS) is 14.8. The van der Waals surface area contributed by atoms with Crippen LogP contribution < -0.4 is 11.6 Å². The third-order valence-corrected chi connectivity index (χ3v) is 3.94. The second-order valence-corrected chi connectivity index (χ2v) is 5.41. The monoisotopic (exact) mass is 264 g/mol. The Morgan fingerprint density at radius 2 is 1.80 bits per heavy atom. The zero-order chi connectivity index (χ0) is 13.7. The highest BCUT2D eigenvalue weighted by Gasteiger charge is 2.30. The molecule has 1 saturated carbocycles. The highest BCUT2D eigenvalue weighted by molar-refractivity contribution is 5.88. The van der Waals surface area contributed by atoms with E-state index in [0.29, 0.717) is 11.7 Å². The number of nitrogens with zero attached hydrogens (tertiary/aromatic N) is 2. The molecule has 0 unspecified atom stereocenters. The first kappa shape index (κ1) is 11.3. The zero-order valence-corrected chi connectivity index (χ0v) is 11.1. The third-order valence-electron chi connectivity index (χ3n) is 3.94. The fraction of sp³-hybridized carbons (Fsp3) is 0.188. The molecule has 0 radical (unpaired) electrons. The van der Waals surface area contributed by atoms with Crippen LogP contribution in [0.15, 0.2) is 42.5 Å². The van der Waals surface area contributed by atoms with Gasteiger partial charge in [0.25, 0.3) is 0 Å². The van der Waals surface area contributed by atoms with E-state index in [-0.39, 0.29) is 0 Å². The molecule has 4 nitrogen and oxygen atoms in total. The Morgan fingerprint density at radius 1 is 1.05 bits per heavy atom. The summed E-state index contributed by atoms with van der Waals surface area (Å²) in [5.74, 6) is 7.96. The molecule has 2 aromatic carbocycles. The molecule has 0 atom stereocenters. The van der Waals surface area contributed by atoms with Crippen LogP contribution in [0.1, 0.15) is 24.6 Å². The van der Waals surface area contributed by atoms with Gasteiger partial charge in [-0.25, -0.2) is 9.66 Å². The maximum atomic E-state index is 6.12. The third kappa shape index (κ3) is 1.65. The van der Waals surface area contributed by atoms with Gasteiger partial charge in [0.2, 0.25) is 0 Å². The van der Waals surface area contributed by atoms with Gasteiger partial charge in [-0.15, -0.1) is 0 Å². The Balaban J connectivity index is 1.88. The van der Waals surface area contributed by atoms with Crippen LogP contribution in [0.4, 0.5) is 5.82 Å². The van der Waals surface area contributed by atoms with Crippen molar-refractivity contribution in [2.24, 2.45) is 0 Å². The molecule has 20 heavy (non-hydrogen) atoms. The van der Waals surface area contributed by atoms with Crippen molar-refractivity contribution in [3.63, 3.8) is 0 Å². The van der Waals surface area contributed by atoms with Crippen LogP contribution in [0, 0.1) is 0 Å². The van der Waals surface area contributed by atoms with Gasteiger partial charge in [0.1, 0.15) is 11.5 Å². The number of benzene rings is 2. The molecule has 100 valence electrons. The molecule has 1 heterocycles. The standard InChI is InChI=1S/C16H16N4/c17-15-14(19-16(20(15)18)11-6-7-11)13-8-5-10-3-1-2-4-12(10)9-13/h1-5,8-9,11H,6-7,17-18H2. The summed E-state index contributed by atoms with van der Waals surface area (Å²) < 4.78 is 1.54. The van der Waals surface area contributed by atoms with Crippen LogP contribution in [0.2, 0.25) is 0 Å². The minimum Gasteiger partial charge on any atom is -0.382 e. The molecule has 0 bridgehead atoms. The number of hydrogen-bond donors (Lipinski definition) is 2. The van der Waals surface area contributed by atoms with Gasteiger partial charge in [-0.05, 0) is 29.7 Å². The summed E-state index contributed by atoms with van der Waals surface area (Å²) in [4.78, 5) is 4.66. The predicted molar refractivity (Wildman–Crippen MR) is 81.7 cm³/mol. The molecule has 0 spiro atoms. The Bertz CT molecular complexity index is 799. The van der Waals surface area contributed by atoms with E-state index in [9.17, 15) is 0 Å². The summed E-state index contributed by atoms with van der Waals surface area (Å²) >= 11 is 0. The number of hydrogen-bond acceptors (Lipinski definition) is 3. The van der Waals surface area contributed by atoms with Gasteiger partial charge >= 0.3 is 0 Å². The van der Waals surface area contributed by atoms with Crippen molar-refractivity contribution in [1.29, 1.82) is 0 Å². The molecular formula is C16H16N4. The average molecular weight is 264 g/mol. The molecule has 4 rings (SSSR count). The summed E-state index contributed by atoms with van der Waals surface area (Å²) in [6.45, 7) is 0. The Morgan fingerprint density at radius 3 is 2.55 bits per heavy atom. The number of anilines is 1. The van der Waals surface area contributed by atoms with Gasteiger partial charge in [0, 0.05) is 11.5 Å². The van der Waals surface area contributed by atoms with Crippen molar-refractivity contribution in [3.05, 3.63) is 48.3 Å². The van der Waals surface area contributed by atoms with Crippen LogP contribution in [-0.2, 0) is 0 Å². The molecule has 1 aliphatic rings. The summed E-state index contributed by atoms with van der Waals surface area (Å²) in [5, 5.41) is 2.40. The van der Waals surface area contributed by atoms with E-state index in [2.05, 4.69) is 35.3 Å². The summed E-state index contributed by atoms with van der Waals surface area (Å²) in [5.41, 5.74) is 7.93. The van der Waals surface area contributed by atoms with Gasteiger partial charge in [-0.3, -0.25) is 0 Å². The van der Waals surface area contributed by atoms with Crippen LogP contribution in [-0.4, -0.2) is 9.66 Å². The molecule has 1 aromatic heterocycles. The number of aromatic nitrogens is 2.